The number of rotatable bonds is 8. The summed E-state index contributed by atoms with van der Waals surface area (Å²) in [6, 6.07) is 8.79. The molecule has 0 aromatic heterocycles. The Morgan fingerprint density at radius 2 is 1.71 bits per heavy atom. The molecule has 192 valence electrons. The third-order valence-corrected chi connectivity index (χ3v) is 7.65. The molecule has 10 atom stereocenters. The van der Waals surface area contributed by atoms with Crippen LogP contribution in [0.25, 0.3) is 0 Å². The molecule has 0 amide bonds. The molecule has 1 aliphatic carbocycles. The number of aliphatic hydroxyl groups is 4. The Kier molecular flexibility index (Phi) is 7.95. The Labute approximate surface area is 200 Å². The standard InChI is InChI=1S/C24H39N3O7/c1-14-11-23(31,12-27-10-9-15-7-5-4-6-8-15)24(13-28)22(32-14)33-21-19(30)16(25-2)18(29)17(26-3)20(21)34-24/h4-8,14,16-22,25-31H,9-13H2,1-3H3. The van der Waals surface area contributed by atoms with Crippen molar-refractivity contribution >= 4 is 0 Å². The van der Waals surface area contributed by atoms with Crippen LogP contribution in [0.1, 0.15) is 18.9 Å². The maximum absolute atomic E-state index is 11.9. The molecular formula is C24H39N3O7. The lowest BCUT2D eigenvalue weighted by atomic mass is 9.73. The molecule has 1 aromatic rings. The second-order valence-electron chi connectivity index (χ2n) is 9.77. The zero-order valence-electron chi connectivity index (χ0n) is 20.1. The predicted molar refractivity (Wildman–Crippen MR) is 124 cm³/mol. The smallest absolute Gasteiger partial charge is 0.192 e. The molecular weight excluding hydrogens is 442 g/mol. The minimum Gasteiger partial charge on any atom is -0.393 e. The first-order valence-electron chi connectivity index (χ1n) is 12.1. The Bertz CT molecular complexity index is 804. The first-order chi connectivity index (χ1) is 16.3. The molecule has 0 radical (unpaired) electrons. The summed E-state index contributed by atoms with van der Waals surface area (Å²) in [7, 11) is 3.35. The maximum atomic E-state index is 11.9. The van der Waals surface area contributed by atoms with Crippen molar-refractivity contribution in [2.75, 3.05) is 33.8 Å². The number of nitrogens with one attached hydrogen (secondary N) is 3. The van der Waals surface area contributed by atoms with E-state index in [1.165, 1.54) is 5.56 Å². The zero-order chi connectivity index (χ0) is 24.5. The minimum atomic E-state index is -1.60. The number of likely N-dealkylation sites (N-methyl/N-ethyl adjacent to an activating group) is 2. The van der Waals surface area contributed by atoms with Gasteiger partial charge in [-0.15, -0.1) is 0 Å². The quantitative estimate of drug-likeness (QED) is 0.211. The van der Waals surface area contributed by atoms with Gasteiger partial charge < -0.3 is 50.6 Å². The molecule has 2 heterocycles. The Hall–Kier alpha value is -1.18. The minimum absolute atomic E-state index is 0.153. The lowest BCUT2D eigenvalue weighted by molar-refractivity contribution is -0.430. The molecule has 3 fully saturated rings. The molecule has 0 bridgehead atoms. The molecule has 0 spiro atoms. The number of hydrogen-bond donors (Lipinski definition) is 7. The molecule has 7 N–H and O–H groups in total. The van der Waals surface area contributed by atoms with Gasteiger partial charge in [-0.1, -0.05) is 30.3 Å². The molecule has 1 saturated carbocycles. The predicted octanol–water partition coefficient (Wildman–Crippen LogP) is -1.89. The number of aliphatic hydroxyl groups excluding tert-OH is 3. The van der Waals surface area contributed by atoms with Crippen LogP contribution in [-0.2, 0) is 20.6 Å². The molecule has 34 heavy (non-hydrogen) atoms. The molecule has 10 unspecified atom stereocenters. The SMILES string of the molecule is CNC1C(O)C(NC)C2OC3(CO)C(OC(C)CC3(O)CNCCc3ccccc3)OC2C1O. The molecule has 2 aliphatic heterocycles. The van der Waals surface area contributed by atoms with E-state index < -0.39 is 60.6 Å². The number of ether oxygens (including phenoxy) is 3. The van der Waals surface area contributed by atoms with Crippen molar-refractivity contribution < 1.29 is 34.6 Å². The van der Waals surface area contributed by atoms with Gasteiger partial charge in [-0.25, -0.2) is 0 Å². The second-order valence-corrected chi connectivity index (χ2v) is 9.77. The van der Waals surface area contributed by atoms with E-state index >= 15 is 0 Å². The van der Waals surface area contributed by atoms with Crippen molar-refractivity contribution in [2.45, 2.75) is 79.9 Å². The highest BCUT2D eigenvalue weighted by Gasteiger charge is 2.68. The molecule has 10 nitrogen and oxygen atoms in total. The van der Waals surface area contributed by atoms with Crippen LogP contribution in [0.15, 0.2) is 30.3 Å². The summed E-state index contributed by atoms with van der Waals surface area (Å²) in [6.07, 6.45) is -4.17. The van der Waals surface area contributed by atoms with E-state index in [9.17, 15) is 20.4 Å². The summed E-state index contributed by atoms with van der Waals surface area (Å²) in [5, 5.41) is 53.6. The van der Waals surface area contributed by atoms with Crippen molar-refractivity contribution in [2.24, 2.45) is 0 Å². The second kappa shape index (κ2) is 10.4. The first-order valence-corrected chi connectivity index (χ1v) is 12.1. The van der Waals surface area contributed by atoms with E-state index in [1.54, 1.807) is 14.1 Å². The summed E-state index contributed by atoms with van der Waals surface area (Å²) in [6.45, 7) is 2.06. The fourth-order valence-corrected chi connectivity index (χ4v) is 5.78. The Morgan fingerprint density at radius 3 is 2.35 bits per heavy atom. The topological polar surface area (TPSA) is 145 Å². The van der Waals surface area contributed by atoms with Crippen LogP contribution < -0.4 is 16.0 Å². The third kappa shape index (κ3) is 4.41. The maximum Gasteiger partial charge on any atom is 0.192 e. The van der Waals surface area contributed by atoms with Gasteiger partial charge in [0, 0.05) is 13.0 Å². The lowest BCUT2D eigenvalue weighted by Gasteiger charge is -2.62. The van der Waals surface area contributed by atoms with Crippen LogP contribution in [0, 0.1) is 0 Å². The highest BCUT2D eigenvalue weighted by atomic mass is 16.7. The van der Waals surface area contributed by atoms with Crippen LogP contribution >= 0.6 is 0 Å². The average Bonchev–Trinajstić information content (AvgIpc) is 2.82. The molecule has 4 rings (SSSR count). The largest absolute Gasteiger partial charge is 0.393 e. The zero-order valence-corrected chi connectivity index (χ0v) is 20.1. The molecule has 3 aliphatic rings. The fraction of sp³-hybridized carbons (Fsp3) is 0.750. The van der Waals surface area contributed by atoms with E-state index in [1.807, 2.05) is 37.3 Å². The molecule has 2 saturated heterocycles. The van der Waals surface area contributed by atoms with Crippen molar-refractivity contribution in [3.05, 3.63) is 35.9 Å². The number of fused-ring (bicyclic) bond motifs is 2. The summed E-state index contributed by atoms with van der Waals surface area (Å²) >= 11 is 0. The van der Waals surface area contributed by atoms with E-state index in [2.05, 4.69) is 16.0 Å². The summed E-state index contributed by atoms with van der Waals surface area (Å²) in [5.74, 6) is 0. The first kappa shape index (κ1) is 25.9. The Balaban J connectivity index is 1.56. The van der Waals surface area contributed by atoms with E-state index in [-0.39, 0.29) is 19.1 Å². The highest BCUT2D eigenvalue weighted by Crippen LogP contribution is 2.47. The fourth-order valence-electron chi connectivity index (χ4n) is 5.78. The van der Waals surface area contributed by atoms with E-state index in [0.29, 0.717) is 6.54 Å². The average molecular weight is 482 g/mol. The highest BCUT2D eigenvalue weighted by molar-refractivity contribution is 5.17. The van der Waals surface area contributed by atoms with Gasteiger partial charge in [0.05, 0.1) is 30.9 Å². The van der Waals surface area contributed by atoms with Crippen molar-refractivity contribution in [1.29, 1.82) is 0 Å². The van der Waals surface area contributed by atoms with Gasteiger partial charge in [0.25, 0.3) is 0 Å². The van der Waals surface area contributed by atoms with Gasteiger partial charge in [-0.05, 0) is 39.5 Å². The van der Waals surface area contributed by atoms with Crippen LogP contribution in [0.4, 0.5) is 0 Å². The number of benzene rings is 1. The van der Waals surface area contributed by atoms with Gasteiger partial charge in [0.15, 0.2) is 11.9 Å². The summed E-state index contributed by atoms with van der Waals surface area (Å²) in [5.41, 5.74) is -1.93. The van der Waals surface area contributed by atoms with Crippen molar-refractivity contribution in [3.63, 3.8) is 0 Å². The van der Waals surface area contributed by atoms with Crippen LogP contribution in [0.5, 0.6) is 0 Å². The monoisotopic (exact) mass is 481 g/mol. The van der Waals surface area contributed by atoms with Crippen LogP contribution in [0.3, 0.4) is 0 Å². The van der Waals surface area contributed by atoms with E-state index in [0.717, 1.165) is 6.42 Å². The van der Waals surface area contributed by atoms with Gasteiger partial charge in [-0.2, -0.15) is 0 Å². The van der Waals surface area contributed by atoms with E-state index in [4.69, 9.17) is 14.2 Å². The molecule has 10 heteroatoms. The van der Waals surface area contributed by atoms with Gasteiger partial charge in [-0.3, -0.25) is 0 Å². The van der Waals surface area contributed by atoms with Crippen molar-refractivity contribution in [1.82, 2.24) is 16.0 Å². The lowest BCUT2D eigenvalue weighted by Crippen LogP contribution is -2.82. The van der Waals surface area contributed by atoms with Crippen LogP contribution in [-0.4, -0.2) is 114 Å². The summed E-state index contributed by atoms with van der Waals surface area (Å²) < 4.78 is 18.7. The van der Waals surface area contributed by atoms with Crippen molar-refractivity contribution in [3.8, 4) is 0 Å². The molecule has 1 aromatic carbocycles. The third-order valence-electron chi connectivity index (χ3n) is 7.65. The normalized spacial score (nSPS) is 44.3. The van der Waals surface area contributed by atoms with Crippen LogP contribution in [0.2, 0.25) is 0 Å². The number of hydrogen-bond acceptors (Lipinski definition) is 10. The van der Waals surface area contributed by atoms with Gasteiger partial charge >= 0.3 is 0 Å². The summed E-state index contributed by atoms with van der Waals surface area (Å²) in [4.78, 5) is 0. The van der Waals surface area contributed by atoms with Gasteiger partial charge in [0.1, 0.15) is 23.9 Å². The van der Waals surface area contributed by atoms with Gasteiger partial charge in [0.2, 0.25) is 0 Å². The Morgan fingerprint density at radius 1 is 1.00 bits per heavy atom.